The van der Waals surface area contributed by atoms with Gasteiger partial charge in [0, 0.05) is 11.9 Å². The second-order valence-electron chi connectivity index (χ2n) is 5.24. The number of fused-ring (bicyclic) bond motifs is 1. The van der Waals surface area contributed by atoms with Crippen LogP contribution in [0.2, 0.25) is 0 Å². The number of benzene rings is 1. The first kappa shape index (κ1) is 19.9. The third kappa shape index (κ3) is 4.83. The van der Waals surface area contributed by atoms with Crippen LogP contribution in [0.15, 0.2) is 48.6 Å². The van der Waals surface area contributed by atoms with Gasteiger partial charge in [0.25, 0.3) is 0 Å². The van der Waals surface area contributed by atoms with Crippen molar-refractivity contribution in [2.24, 2.45) is 11.8 Å². The average Bonchev–Trinajstić information content (AvgIpc) is 2.82. The molecule has 0 bridgehead atoms. The molecule has 24 heavy (non-hydrogen) atoms. The molecule has 0 N–H and O–H groups in total. The Morgan fingerprint density at radius 3 is 1.62 bits per heavy atom. The minimum atomic E-state index is -1.63. The second kappa shape index (κ2) is 8.81. The molecular formula is C16H15Cl4NO2S. The first-order valence-electron chi connectivity index (χ1n) is 7.22. The van der Waals surface area contributed by atoms with Gasteiger partial charge in [-0.15, -0.1) is 23.2 Å². The minimum Gasteiger partial charge on any atom is -0.273 e. The van der Waals surface area contributed by atoms with Crippen LogP contribution in [0.25, 0.3) is 0 Å². The van der Waals surface area contributed by atoms with Crippen molar-refractivity contribution in [2.75, 3.05) is 0 Å². The molecule has 2 aliphatic rings. The van der Waals surface area contributed by atoms with E-state index in [1.54, 1.807) is 0 Å². The molecule has 1 aromatic rings. The van der Waals surface area contributed by atoms with Crippen LogP contribution in [0, 0.1) is 11.8 Å². The highest BCUT2D eigenvalue weighted by molar-refractivity contribution is 8.02. The minimum absolute atomic E-state index is 0.279. The number of hydrogen-bond donors (Lipinski definition) is 0. The SMILES string of the molecule is O=C1C2CC=CCC2C(=O)N1SC(Cl)(Cl)C(Cl)Cl.c1ccccc1. The van der Waals surface area contributed by atoms with Gasteiger partial charge in [-0.05, 0) is 12.8 Å². The Hall–Kier alpha value is -0.390. The van der Waals surface area contributed by atoms with E-state index in [-0.39, 0.29) is 23.7 Å². The molecule has 0 radical (unpaired) electrons. The van der Waals surface area contributed by atoms with Gasteiger partial charge in [0.2, 0.25) is 15.5 Å². The average molecular weight is 427 g/mol. The first-order chi connectivity index (χ1) is 11.3. The summed E-state index contributed by atoms with van der Waals surface area (Å²) < 4.78 is -0.630. The van der Waals surface area contributed by atoms with Gasteiger partial charge in [0.05, 0.1) is 11.8 Å². The van der Waals surface area contributed by atoms with Crippen molar-refractivity contribution < 1.29 is 9.59 Å². The van der Waals surface area contributed by atoms with Crippen molar-refractivity contribution in [3.63, 3.8) is 0 Å². The quantitative estimate of drug-likeness (QED) is 0.288. The van der Waals surface area contributed by atoms with Crippen molar-refractivity contribution in [2.45, 2.75) is 21.3 Å². The molecule has 3 nitrogen and oxygen atoms in total. The molecule has 0 saturated carbocycles. The zero-order valence-corrected chi connectivity index (χ0v) is 16.3. The Balaban J connectivity index is 0.000000292. The number of halogens is 4. The van der Waals surface area contributed by atoms with Crippen LogP contribution >= 0.6 is 58.4 Å². The molecule has 1 aromatic carbocycles. The summed E-state index contributed by atoms with van der Waals surface area (Å²) in [6.45, 7) is 0. The van der Waals surface area contributed by atoms with Crippen LogP contribution in [-0.2, 0) is 9.59 Å². The fraction of sp³-hybridized carbons (Fsp3) is 0.375. The van der Waals surface area contributed by atoms with E-state index < -0.39 is 8.50 Å². The maximum absolute atomic E-state index is 12.1. The van der Waals surface area contributed by atoms with Crippen molar-refractivity contribution in [1.29, 1.82) is 0 Å². The summed E-state index contributed by atoms with van der Waals surface area (Å²) >= 11 is 23.7. The molecule has 8 heteroatoms. The molecule has 3 rings (SSSR count). The van der Waals surface area contributed by atoms with Gasteiger partial charge in [-0.2, -0.15) is 0 Å². The summed E-state index contributed by atoms with van der Waals surface area (Å²) in [5, 5.41) is 0. The van der Waals surface area contributed by atoms with Crippen molar-refractivity contribution in [1.82, 2.24) is 4.31 Å². The fourth-order valence-corrected chi connectivity index (χ4v) is 3.83. The third-order valence-corrected chi connectivity index (χ3v) is 6.83. The molecule has 2 atom stereocenters. The Labute approximate surface area is 165 Å². The summed E-state index contributed by atoms with van der Waals surface area (Å²) in [5.41, 5.74) is 0. The Bertz CT molecular complexity index is 557. The monoisotopic (exact) mass is 425 g/mol. The molecule has 0 aromatic heterocycles. The van der Waals surface area contributed by atoms with E-state index in [1.165, 1.54) is 0 Å². The van der Waals surface area contributed by atoms with Crippen molar-refractivity contribution >= 4 is 70.2 Å². The zero-order chi connectivity index (χ0) is 17.7. The molecule has 130 valence electrons. The second-order valence-corrected chi connectivity index (χ2v) is 9.36. The number of carbonyl (C=O) groups is 2. The van der Waals surface area contributed by atoms with Crippen LogP contribution in [0.3, 0.4) is 0 Å². The molecule has 1 fully saturated rings. The van der Waals surface area contributed by atoms with E-state index in [2.05, 4.69) is 0 Å². The lowest BCUT2D eigenvalue weighted by atomic mass is 9.85. The van der Waals surface area contributed by atoms with E-state index >= 15 is 0 Å². The number of amides is 2. The van der Waals surface area contributed by atoms with Gasteiger partial charge >= 0.3 is 0 Å². The van der Waals surface area contributed by atoms with Crippen molar-refractivity contribution in [3.05, 3.63) is 48.6 Å². The predicted octanol–water partition coefficient (Wildman–Crippen LogP) is 5.21. The summed E-state index contributed by atoms with van der Waals surface area (Å²) in [5.74, 6) is -1.19. The van der Waals surface area contributed by atoms with Crippen molar-refractivity contribution in [3.8, 4) is 0 Å². The van der Waals surface area contributed by atoms with Crippen LogP contribution in [0.1, 0.15) is 12.8 Å². The van der Waals surface area contributed by atoms with Gasteiger partial charge in [0.15, 0.2) is 4.84 Å². The number of imide groups is 1. The molecule has 1 aliphatic heterocycles. The highest BCUT2D eigenvalue weighted by Crippen LogP contribution is 2.48. The van der Waals surface area contributed by atoms with Gasteiger partial charge < -0.3 is 0 Å². The molecule has 2 unspecified atom stereocenters. The maximum atomic E-state index is 12.1. The lowest BCUT2D eigenvalue weighted by Crippen LogP contribution is -2.31. The van der Waals surface area contributed by atoms with E-state index in [1.807, 2.05) is 48.6 Å². The number of allylic oxidation sites excluding steroid dienone is 2. The Kier molecular flexibility index (Phi) is 7.32. The summed E-state index contributed by atoms with van der Waals surface area (Å²) in [6.07, 6.45) is 4.94. The van der Waals surface area contributed by atoms with Crippen LogP contribution < -0.4 is 0 Å². The van der Waals surface area contributed by atoms with Crippen LogP contribution in [0.5, 0.6) is 0 Å². The predicted molar refractivity (Wildman–Crippen MR) is 101 cm³/mol. The van der Waals surface area contributed by atoms with E-state index in [0.717, 1.165) is 4.31 Å². The highest BCUT2D eigenvalue weighted by Gasteiger charge is 2.51. The first-order valence-corrected chi connectivity index (χ1v) is 9.62. The van der Waals surface area contributed by atoms with Crippen LogP contribution in [-0.4, -0.2) is 24.6 Å². The standard InChI is InChI=1S/C10H9Cl4NO2S.C6H6/c11-9(12)10(13,14)18-15-7(16)5-3-1-2-4-6(5)8(15)17;1-2-4-6-5-3-1/h1-2,5-6,9H,3-4H2;1-6H. The number of hydrogen-bond acceptors (Lipinski definition) is 3. The van der Waals surface area contributed by atoms with Gasteiger partial charge in [-0.25, -0.2) is 4.31 Å². The molecule has 0 spiro atoms. The summed E-state index contributed by atoms with van der Waals surface area (Å²) in [4.78, 5) is 23.1. The molecule has 1 aliphatic carbocycles. The van der Waals surface area contributed by atoms with E-state index in [9.17, 15) is 9.59 Å². The van der Waals surface area contributed by atoms with E-state index in [0.29, 0.717) is 24.8 Å². The molecule has 2 amide bonds. The lowest BCUT2D eigenvalue weighted by Gasteiger charge is -2.24. The normalized spacial score (nSPS) is 23.1. The topological polar surface area (TPSA) is 37.4 Å². The Morgan fingerprint density at radius 2 is 1.29 bits per heavy atom. The summed E-state index contributed by atoms with van der Waals surface area (Å²) in [7, 11) is 0. The van der Waals surface area contributed by atoms with Gasteiger partial charge in [-0.3, -0.25) is 9.59 Å². The maximum Gasteiger partial charge on any atom is 0.243 e. The number of rotatable bonds is 3. The molecule has 1 heterocycles. The molecular weight excluding hydrogens is 412 g/mol. The number of nitrogens with zero attached hydrogens (tertiary/aromatic N) is 1. The largest absolute Gasteiger partial charge is 0.273 e. The zero-order valence-electron chi connectivity index (χ0n) is 12.4. The van der Waals surface area contributed by atoms with Gasteiger partial charge in [-0.1, -0.05) is 71.8 Å². The fourth-order valence-electron chi connectivity index (χ4n) is 2.41. The smallest absolute Gasteiger partial charge is 0.243 e. The lowest BCUT2D eigenvalue weighted by molar-refractivity contribution is -0.133. The Morgan fingerprint density at radius 1 is 0.917 bits per heavy atom. The third-order valence-electron chi connectivity index (χ3n) is 3.60. The van der Waals surface area contributed by atoms with Gasteiger partial charge in [0.1, 0.15) is 0 Å². The molecule has 1 saturated heterocycles. The highest BCUT2D eigenvalue weighted by atomic mass is 35.5. The summed E-state index contributed by atoms with van der Waals surface area (Å²) in [6, 6.07) is 12.0. The van der Waals surface area contributed by atoms with Crippen LogP contribution in [0.4, 0.5) is 0 Å². The number of alkyl halides is 4. The number of carbonyl (C=O) groups excluding carboxylic acids is 2. The van der Waals surface area contributed by atoms with E-state index in [4.69, 9.17) is 46.4 Å².